The maximum absolute atomic E-state index is 4.58. The molecule has 0 radical (unpaired) electrons. The second-order valence-electron chi connectivity index (χ2n) is 4.34. The van der Waals surface area contributed by atoms with Gasteiger partial charge in [-0.15, -0.1) is 0 Å². The number of hydrogen-bond donors (Lipinski definition) is 2. The van der Waals surface area contributed by atoms with Crippen LogP contribution in [0, 0.1) is 0 Å². The van der Waals surface area contributed by atoms with Crippen LogP contribution in [0.2, 0.25) is 0 Å². The van der Waals surface area contributed by atoms with Crippen molar-refractivity contribution in [3.8, 4) is 0 Å². The molecule has 2 N–H and O–H groups in total. The standard InChI is InChI=1S/C13H19N3/c1-4-9(2)14-10(3)13-15-11-7-5-6-8-12(11)16-13/h5-10,14H,4H2,1-3H3,(H,15,16). The first-order valence-corrected chi connectivity index (χ1v) is 5.91. The Morgan fingerprint density at radius 2 is 2.06 bits per heavy atom. The summed E-state index contributed by atoms with van der Waals surface area (Å²) in [7, 11) is 0. The lowest BCUT2D eigenvalue weighted by Crippen LogP contribution is -2.28. The topological polar surface area (TPSA) is 40.7 Å². The van der Waals surface area contributed by atoms with Gasteiger partial charge in [-0.3, -0.25) is 0 Å². The van der Waals surface area contributed by atoms with E-state index >= 15 is 0 Å². The van der Waals surface area contributed by atoms with E-state index in [2.05, 4.69) is 42.1 Å². The van der Waals surface area contributed by atoms with Crippen LogP contribution in [0.15, 0.2) is 24.3 Å². The highest BCUT2D eigenvalue weighted by molar-refractivity contribution is 5.74. The smallest absolute Gasteiger partial charge is 0.124 e. The number of aromatic nitrogens is 2. The zero-order valence-electron chi connectivity index (χ0n) is 10.1. The van der Waals surface area contributed by atoms with E-state index in [1.165, 1.54) is 0 Å². The molecule has 0 spiro atoms. The summed E-state index contributed by atoms with van der Waals surface area (Å²) in [6.07, 6.45) is 1.13. The summed E-state index contributed by atoms with van der Waals surface area (Å²) in [6, 6.07) is 8.91. The average molecular weight is 217 g/mol. The molecule has 3 heteroatoms. The molecule has 2 aromatic rings. The molecule has 0 aliphatic carbocycles. The molecule has 2 unspecified atom stereocenters. The molecule has 1 heterocycles. The highest BCUT2D eigenvalue weighted by atomic mass is 15.0. The second-order valence-corrected chi connectivity index (χ2v) is 4.34. The average Bonchev–Trinajstić information content (AvgIpc) is 2.72. The van der Waals surface area contributed by atoms with Gasteiger partial charge in [0.05, 0.1) is 17.1 Å². The quantitative estimate of drug-likeness (QED) is 0.826. The molecule has 3 nitrogen and oxygen atoms in total. The molecule has 2 atom stereocenters. The number of nitrogens with one attached hydrogen (secondary N) is 2. The van der Waals surface area contributed by atoms with E-state index in [0.717, 1.165) is 23.3 Å². The fourth-order valence-electron chi connectivity index (χ4n) is 1.80. The number of rotatable bonds is 4. The van der Waals surface area contributed by atoms with E-state index in [0.29, 0.717) is 6.04 Å². The first-order chi connectivity index (χ1) is 7.70. The number of nitrogens with zero attached hydrogens (tertiary/aromatic N) is 1. The molecule has 0 amide bonds. The van der Waals surface area contributed by atoms with Gasteiger partial charge in [0.2, 0.25) is 0 Å². The van der Waals surface area contributed by atoms with Crippen LogP contribution in [0.5, 0.6) is 0 Å². The predicted molar refractivity (Wildman–Crippen MR) is 67.4 cm³/mol. The summed E-state index contributed by atoms with van der Waals surface area (Å²) in [6.45, 7) is 6.52. The fraction of sp³-hybridized carbons (Fsp3) is 0.462. The van der Waals surface area contributed by atoms with Crippen molar-refractivity contribution in [2.45, 2.75) is 39.3 Å². The third-order valence-corrected chi connectivity index (χ3v) is 2.96. The number of H-pyrrole nitrogens is 1. The molecule has 0 bridgehead atoms. The van der Waals surface area contributed by atoms with E-state index < -0.39 is 0 Å². The van der Waals surface area contributed by atoms with E-state index in [9.17, 15) is 0 Å². The Morgan fingerprint density at radius 3 is 2.75 bits per heavy atom. The van der Waals surface area contributed by atoms with E-state index in [1.54, 1.807) is 0 Å². The van der Waals surface area contributed by atoms with E-state index in [-0.39, 0.29) is 6.04 Å². The first kappa shape index (κ1) is 11.1. The summed E-state index contributed by atoms with van der Waals surface area (Å²) in [5.41, 5.74) is 2.14. The van der Waals surface area contributed by atoms with Gasteiger partial charge >= 0.3 is 0 Å². The number of imidazole rings is 1. The summed E-state index contributed by atoms with van der Waals surface area (Å²) < 4.78 is 0. The van der Waals surface area contributed by atoms with Crippen molar-refractivity contribution < 1.29 is 0 Å². The van der Waals surface area contributed by atoms with Crippen molar-refractivity contribution in [3.63, 3.8) is 0 Å². The van der Waals surface area contributed by atoms with Gasteiger partial charge in [-0.25, -0.2) is 4.98 Å². The van der Waals surface area contributed by atoms with Gasteiger partial charge < -0.3 is 10.3 Å². The van der Waals surface area contributed by atoms with Crippen LogP contribution in [0.25, 0.3) is 11.0 Å². The van der Waals surface area contributed by atoms with Crippen LogP contribution in [-0.4, -0.2) is 16.0 Å². The Kier molecular flexibility index (Phi) is 3.25. The minimum atomic E-state index is 0.266. The Balaban J connectivity index is 2.19. The van der Waals surface area contributed by atoms with Crippen LogP contribution in [0.1, 0.15) is 39.1 Å². The minimum absolute atomic E-state index is 0.266. The SMILES string of the molecule is CCC(C)NC(C)c1nc2ccccc2[nH]1. The van der Waals surface area contributed by atoms with Gasteiger partial charge in [0.25, 0.3) is 0 Å². The van der Waals surface area contributed by atoms with Crippen molar-refractivity contribution in [3.05, 3.63) is 30.1 Å². The first-order valence-electron chi connectivity index (χ1n) is 5.91. The maximum atomic E-state index is 4.58. The van der Waals surface area contributed by atoms with Gasteiger partial charge in [0, 0.05) is 6.04 Å². The Bertz CT molecular complexity index is 428. The summed E-state index contributed by atoms with van der Waals surface area (Å²) in [4.78, 5) is 7.93. The van der Waals surface area contributed by atoms with Gasteiger partial charge in [-0.2, -0.15) is 0 Å². The van der Waals surface area contributed by atoms with Gasteiger partial charge in [0.15, 0.2) is 0 Å². The molecule has 0 saturated heterocycles. The van der Waals surface area contributed by atoms with Crippen molar-refractivity contribution in [2.75, 3.05) is 0 Å². The zero-order chi connectivity index (χ0) is 11.5. The highest BCUT2D eigenvalue weighted by Gasteiger charge is 2.11. The van der Waals surface area contributed by atoms with Crippen LogP contribution in [0.4, 0.5) is 0 Å². The zero-order valence-corrected chi connectivity index (χ0v) is 10.1. The second kappa shape index (κ2) is 4.66. The normalized spacial score (nSPS) is 15.2. The fourth-order valence-corrected chi connectivity index (χ4v) is 1.80. The van der Waals surface area contributed by atoms with Gasteiger partial charge in [-0.1, -0.05) is 19.1 Å². The maximum Gasteiger partial charge on any atom is 0.124 e. The van der Waals surface area contributed by atoms with Gasteiger partial charge in [-0.05, 0) is 32.4 Å². The van der Waals surface area contributed by atoms with Crippen LogP contribution >= 0.6 is 0 Å². The van der Waals surface area contributed by atoms with Crippen molar-refractivity contribution in [1.82, 2.24) is 15.3 Å². The van der Waals surface area contributed by atoms with Crippen molar-refractivity contribution in [1.29, 1.82) is 0 Å². The monoisotopic (exact) mass is 217 g/mol. The molecular weight excluding hydrogens is 198 g/mol. The molecule has 0 saturated carbocycles. The molecule has 0 aliphatic rings. The lowest BCUT2D eigenvalue weighted by Gasteiger charge is -2.16. The summed E-state index contributed by atoms with van der Waals surface area (Å²) in [5, 5.41) is 3.51. The summed E-state index contributed by atoms with van der Waals surface area (Å²) in [5.74, 6) is 1.02. The van der Waals surface area contributed by atoms with Gasteiger partial charge in [0.1, 0.15) is 5.82 Å². The molecule has 1 aromatic heterocycles. The lowest BCUT2D eigenvalue weighted by molar-refractivity contribution is 0.457. The van der Waals surface area contributed by atoms with Crippen LogP contribution in [0.3, 0.4) is 0 Å². The molecule has 86 valence electrons. The third kappa shape index (κ3) is 2.25. The number of para-hydroxylation sites is 2. The van der Waals surface area contributed by atoms with Crippen LogP contribution in [-0.2, 0) is 0 Å². The Labute approximate surface area is 96.3 Å². The highest BCUT2D eigenvalue weighted by Crippen LogP contribution is 2.16. The Hall–Kier alpha value is -1.35. The molecule has 0 aliphatic heterocycles. The third-order valence-electron chi connectivity index (χ3n) is 2.96. The lowest BCUT2D eigenvalue weighted by atomic mass is 10.2. The van der Waals surface area contributed by atoms with Crippen molar-refractivity contribution >= 4 is 11.0 Å². The van der Waals surface area contributed by atoms with E-state index in [4.69, 9.17) is 0 Å². The minimum Gasteiger partial charge on any atom is -0.341 e. The number of aromatic amines is 1. The largest absolute Gasteiger partial charge is 0.341 e. The molecule has 2 rings (SSSR count). The molecule has 0 fully saturated rings. The Morgan fingerprint density at radius 1 is 1.31 bits per heavy atom. The number of fused-ring (bicyclic) bond motifs is 1. The molecule has 16 heavy (non-hydrogen) atoms. The molecular formula is C13H19N3. The van der Waals surface area contributed by atoms with Crippen LogP contribution < -0.4 is 5.32 Å². The number of benzene rings is 1. The van der Waals surface area contributed by atoms with Crippen molar-refractivity contribution in [2.24, 2.45) is 0 Å². The predicted octanol–water partition coefficient (Wildman–Crippen LogP) is 3.01. The number of hydrogen-bond acceptors (Lipinski definition) is 2. The summed E-state index contributed by atoms with van der Waals surface area (Å²) >= 11 is 0. The van der Waals surface area contributed by atoms with E-state index in [1.807, 2.05) is 18.2 Å². The molecule has 1 aromatic carbocycles.